The first kappa shape index (κ1) is 16.3. The normalized spacial score (nSPS) is 12.0. The number of benzene rings is 1. The number of hydrogen-bond acceptors (Lipinski definition) is 4. The number of rotatable bonds is 7. The van der Waals surface area contributed by atoms with Gasteiger partial charge in [-0.25, -0.2) is 9.67 Å². The molecule has 118 valence electrons. The highest BCUT2D eigenvalue weighted by Gasteiger charge is 2.14. The van der Waals surface area contributed by atoms with Crippen LogP contribution in [0.2, 0.25) is 5.02 Å². The van der Waals surface area contributed by atoms with E-state index in [1.165, 1.54) is 17.3 Å². The molecule has 2 rings (SSSR count). The Morgan fingerprint density at radius 2 is 2.32 bits per heavy atom. The third-order valence-electron chi connectivity index (χ3n) is 3.23. The molecule has 1 aromatic carbocycles. The molecule has 0 aliphatic carbocycles. The van der Waals surface area contributed by atoms with Gasteiger partial charge in [-0.15, -0.1) is 0 Å². The Morgan fingerprint density at radius 1 is 1.50 bits per heavy atom. The van der Waals surface area contributed by atoms with Crippen LogP contribution in [0.15, 0.2) is 30.9 Å². The second-order valence-electron chi connectivity index (χ2n) is 4.95. The summed E-state index contributed by atoms with van der Waals surface area (Å²) in [6, 6.07) is 5.13. The maximum absolute atomic E-state index is 11.9. The average Bonchev–Trinajstić information content (AvgIpc) is 3.02. The highest BCUT2D eigenvalue weighted by Crippen LogP contribution is 2.21. The number of ether oxygens (including phenoxy) is 1. The van der Waals surface area contributed by atoms with Crippen LogP contribution in [-0.4, -0.2) is 33.8 Å². The van der Waals surface area contributed by atoms with Crippen LogP contribution < -0.4 is 10.1 Å². The number of carbonyl (C=O) groups excluding carboxylic acids is 1. The van der Waals surface area contributed by atoms with Gasteiger partial charge >= 0.3 is 0 Å². The first-order valence-electron chi connectivity index (χ1n) is 7.08. The number of aryl methyl sites for hydroxylation is 1. The zero-order chi connectivity index (χ0) is 15.9. The van der Waals surface area contributed by atoms with Gasteiger partial charge < -0.3 is 10.1 Å². The van der Waals surface area contributed by atoms with E-state index in [-0.39, 0.29) is 11.9 Å². The zero-order valence-corrected chi connectivity index (χ0v) is 13.4. The van der Waals surface area contributed by atoms with Crippen molar-refractivity contribution in [3.05, 3.63) is 41.4 Å². The Morgan fingerprint density at radius 3 is 3.00 bits per heavy atom. The van der Waals surface area contributed by atoms with Gasteiger partial charge in [-0.3, -0.25) is 4.79 Å². The van der Waals surface area contributed by atoms with Crippen LogP contribution in [-0.2, 0) is 4.79 Å². The van der Waals surface area contributed by atoms with Gasteiger partial charge in [0.15, 0.2) is 0 Å². The third-order valence-corrected chi connectivity index (χ3v) is 3.46. The maximum Gasteiger partial charge on any atom is 0.244 e. The molecular weight excluding hydrogens is 304 g/mol. The first-order valence-corrected chi connectivity index (χ1v) is 7.46. The fourth-order valence-corrected chi connectivity index (χ4v) is 2.15. The molecule has 1 atom stereocenters. The highest BCUT2D eigenvalue weighted by atomic mass is 35.5. The molecule has 7 heteroatoms. The van der Waals surface area contributed by atoms with Crippen LogP contribution in [0.25, 0.3) is 0 Å². The van der Waals surface area contributed by atoms with Gasteiger partial charge in [-0.2, -0.15) is 5.10 Å². The molecule has 0 fully saturated rings. The van der Waals surface area contributed by atoms with Crippen LogP contribution in [0.3, 0.4) is 0 Å². The van der Waals surface area contributed by atoms with E-state index >= 15 is 0 Å². The largest absolute Gasteiger partial charge is 0.493 e. The molecule has 0 spiro atoms. The van der Waals surface area contributed by atoms with Crippen molar-refractivity contribution in [2.45, 2.75) is 26.3 Å². The first-order chi connectivity index (χ1) is 10.6. The fraction of sp³-hybridized carbons (Fsp3) is 0.400. The van der Waals surface area contributed by atoms with E-state index < -0.39 is 0 Å². The monoisotopic (exact) mass is 322 g/mol. The SMILES string of the molecule is Cc1cc(Cl)ccc1OCCCNC(=O)[C@@H](C)n1cncn1. The van der Waals surface area contributed by atoms with Gasteiger partial charge in [0.05, 0.1) is 6.61 Å². The summed E-state index contributed by atoms with van der Waals surface area (Å²) < 4.78 is 7.19. The molecule has 0 aliphatic heterocycles. The van der Waals surface area contributed by atoms with Crippen molar-refractivity contribution in [2.24, 2.45) is 0 Å². The number of nitrogens with zero attached hydrogens (tertiary/aromatic N) is 3. The Bertz CT molecular complexity index is 616. The molecular formula is C15H19ClN4O2. The summed E-state index contributed by atoms with van der Waals surface area (Å²) in [7, 11) is 0. The summed E-state index contributed by atoms with van der Waals surface area (Å²) in [5.41, 5.74) is 0.997. The van der Waals surface area contributed by atoms with Crippen LogP contribution in [0.5, 0.6) is 5.75 Å². The highest BCUT2D eigenvalue weighted by molar-refractivity contribution is 6.30. The van der Waals surface area contributed by atoms with Gasteiger partial charge in [-0.05, 0) is 44.0 Å². The van der Waals surface area contributed by atoms with Gasteiger partial charge in [-0.1, -0.05) is 11.6 Å². The molecule has 0 saturated carbocycles. The second-order valence-corrected chi connectivity index (χ2v) is 5.39. The molecule has 1 N–H and O–H groups in total. The molecule has 0 aliphatic rings. The summed E-state index contributed by atoms with van der Waals surface area (Å²) in [4.78, 5) is 15.7. The minimum atomic E-state index is -0.373. The van der Waals surface area contributed by atoms with E-state index in [0.29, 0.717) is 18.2 Å². The zero-order valence-electron chi connectivity index (χ0n) is 12.6. The smallest absolute Gasteiger partial charge is 0.244 e. The Balaban J connectivity index is 1.68. The molecule has 0 bridgehead atoms. The molecule has 0 saturated heterocycles. The van der Waals surface area contributed by atoms with E-state index in [9.17, 15) is 4.79 Å². The Hall–Kier alpha value is -2.08. The molecule has 0 radical (unpaired) electrons. The van der Waals surface area contributed by atoms with E-state index in [1.807, 2.05) is 19.1 Å². The second kappa shape index (κ2) is 7.79. The van der Waals surface area contributed by atoms with E-state index in [4.69, 9.17) is 16.3 Å². The number of nitrogens with one attached hydrogen (secondary N) is 1. The summed E-state index contributed by atoms with van der Waals surface area (Å²) >= 11 is 5.89. The van der Waals surface area contributed by atoms with Crippen molar-refractivity contribution < 1.29 is 9.53 Å². The lowest BCUT2D eigenvalue weighted by molar-refractivity contribution is -0.124. The van der Waals surface area contributed by atoms with E-state index in [2.05, 4.69) is 15.4 Å². The molecule has 22 heavy (non-hydrogen) atoms. The fourth-order valence-electron chi connectivity index (χ4n) is 1.93. The van der Waals surface area contributed by atoms with Crippen molar-refractivity contribution in [3.8, 4) is 5.75 Å². The Labute approximate surface area is 134 Å². The molecule has 1 heterocycles. The van der Waals surface area contributed by atoms with Crippen molar-refractivity contribution >= 4 is 17.5 Å². The van der Waals surface area contributed by atoms with Crippen molar-refractivity contribution in [2.75, 3.05) is 13.2 Å². The van der Waals surface area contributed by atoms with Gasteiger partial charge in [0.25, 0.3) is 0 Å². The van der Waals surface area contributed by atoms with E-state index in [0.717, 1.165) is 17.7 Å². The van der Waals surface area contributed by atoms with Crippen molar-refractivity contribution in [1.82, 2.24) is 20.1 Å². The van der Waals surface area contributed by atoms with Crippen LogP contribution in [0, 0.1) is 6.92 Å². The topological polar surface area (TPSA) is 69.0 Å². The molecule has 0 unspecified atom stereocenters. The minimum Gasteiger partial charge on any atom is -0.493 e. The van der Waals surface area contributed by atoms with Crippen LogP contribution >= 0.6 is 11.6 Å². The van der Waals surface area contributed by atoms with E-state index in [1.54, 1.807) is 13.0 Å². The predicted molar refractivity (Wildman–Crippen MR) is 84.0 cm³/mol. The summed E-state index contributed by atoms with van der Waals surface area (Å²) in [5.74, 6) is 0.722. The number of carbonyl (C=O) groups is 1. The molecule has 1 amide bonds. The van der Waals surface area contributed by atoms with Crippen LogP contribution in [0.1, 0.15) is 24.9 Å². The number of amides is 1. The van der Waals surface area contributed by atoms with Gasteiger partial charge in [0.2, 0.25) is 5.91 Å². The summed E-state index contributed by atoms with van der Waals surface area (Å²) in [6.07, 6.45) is 3.65. The average molecular weight is 323 g/mol. The minimum absolute atomic E-state index is 0.0897. The lowest BCUT2D eigenvalue weighted by Gasteiger charge is -2.13. The quantitative estimate of drug-likeness (QED) is 0.795. The van der Waals surface area contributed by atoms with Crippen LogP contribution in [0.4, 0.5) is 0 Å². The van der Waals surface area contributed by atoms with Crippen molar-refractivity contribution in [3.63, 3.8) is 0 Å². The van der Waals surface area contributed by atoms with Crippen molar-refractivity contribution in [1.29, 1.82) is 0 Å². The number of aromatic nitrogens is 3. The predicted octanol–water partition coefficient (Wildman–Crippen LogP) is 2.39. The van der Waals surface area contributed by atoms with Gasteiger partial charge in [0, 0.05) is 11.6 Å². The molecule has 6 nitrogen and oxygen atoms in total. The molecule has 2 aromatic rings. The number of halogens is 1. The lowest BCUT2D eigenvalue weighted by atomic mass is 10.2. The summed E-state index contributed by atoms with van der Waals surface area (Å²) in [5, 5.41) is 7.49. The lowest BCUT2D eigenvalue weighted by Crippen LogP contribution is -2.32. The standard InChI is InChI=1S/C15H19ClN4O2/c1-11-8-13(16)4-5-14(11)22-7-3-6-18-15(21)12(2)20-10-17-9-19-20/h4-5,8-10,12H,3,6-7H2,1-2H3,(H,18,21)/t12-/m1/s1. The van der Waals surface area contributed by atoms with Gasteiger partial charge in [0.1, 0.15) is 24.4 Å². The number of hydrogen-bond donors (Lipinski definition) is 1. The Kier molecular flexibility index (Phi) is 5.77. The maximum atomic E-state index is 11.9. The summed E-state index contributed by atoms with van der Waals surface area (Å²) in [6.45, 7) is 4.80. The molecule has 1 aromatic heterocycles. The third kappa shape index (κ3) is 4.46.